The number of para-hydroxylation sites is 1. The van der Waals surface area contributed by atoms with E-state index in [4.69, 9.17) is 0 Å². The fourth-order valence-electron chi connectivity index (χ4n) is 2.72. The number of hydrogen-bond acceptors (Lipinski definition) is 3. The van der Waals surface area contributed by atoms with E-state index in [1.807, 2.05) is 0 Å². The molecule has 0 bridgehead atoms. The second-order valence-electron chi connectivity index (χ2n) is 6.78. The Morgan fingerprint density at radius 3 is 2.68 bits per heavy atom. The number of nitrogens with zero attached hydrogens (tertiary/aromatic N) is 1. The Morgan fingerprint density at radius 2 is 1.92 bits per heavy atom. The second-order valence-corrected chi connectivity index (χ2v) is 6.78. The first-order chi connectivity index (χ1) is 12.0. The van der Waals surface area contributed by atoms with Crippen molar-refractivity contribution in [3.05, 3.63) is 45.1 Å². The zero-order valence-corrected chi connectivity index (χ0v) is 15.0. The van der Waals surface area contributed by atoms with E-state index in [0.29, 0.717) is 36.2 Å². The zero-order chi connectivity index (χ0) is 18.2. The molecule has 2 aromatic rings. The molecule has 0 fully saturated rings. The van der Waals surface area contributed by atoms with Crippen molar-refractivity contribution in [2.45, 2.75) is 52.5 Å². The Balaban J connectivity index is 1.79. The van der Waals surface area contributed by atoms with Gasteiger partial charge in [0.05, 0.1) is 10.9 Å². The summed E-state index contributed by atoms with van der Waals surface area (Å²) in [5.74, 6) is 0.653. The van der Waals surface area contributed by atoms with E-state index in [1.54, 1.807) is 24.3 Å². The van der Waals surface area contributed by atoms with Crippen molar-refractivity contribution < 1.29 is 4.79 Å². The van der Waals surface area contributed by atoms with Gasteiger partial charge in [-0.3, -0.25) is 14.2 Å². The minimum Gasteiger partial charge on any atom is -0.356 e. The highest BCUT2D eigenvalue weighted by molar-refractivity contribution is 5.77. The van der Waals surface area contributed by atoms with E-state index < -0.39 is 0 Å². The highest BCUT2D eigenvalue weighted by Crippen LogP contribution is 2.05. The summed E-state index contributed by atoms with van der Waals surface area (Å²) in [4.78, 5) is 38.8. The van der Waals surface area contributed by atoms with Crippen LogP contribution >= 0.6 is 0 Å². The molecule has 1 amide bonds. The number of benzene rings is 1. The maximum Gasteiger partial charge on any atom is 0.328 e. The molecular formula is C19H27N3O3. The predicted octanol–water partition coefficient (Wildman–Crippen LogP) is 2.41. The van der Waals surface area contributed by atoms with Crippen molar-refractivity contribution in [2.24, 2.45) is 5.92 Å². The van der Waals surface area contributed by atoms with Gasteiger partial charge in [-0.05, 0) is 37.3 Å². The number of unbranched alkanes of at least 4 members (excludes halogenated alkanes) is 2. The average Bonchev–Trinajstić information content (AvgIpc) is 2.57. The van der Waals surface area contributed by atoms with Crippen LogP contribution in [0.4, 0.5) is 0 Å². The molecular weight excluding hydrogens is 318 g/mol. The van der Waals surface area contributed by atoms with Crippen molar-refractivity contribution in [3.63, 3.8) is 0 Å². The first-order valence-electron chi connectivity index (χ1n) is 8.97. The van der Waals surface area contributed by atoms with Gasteiger partial charge in [-0.2, -0.15) is 0 Å². The van der Waals surface area contributed by atoms with Crippen LogP contribution in [-0.4, -0.2) is 22.0 Å². The Labute approximate surface area is 147 Å². The summed E-state index contributed by atoms with van der Waals surface area (Å²) in [7, 11) is 0. The minimum absolute atomic E-state index is 0.0707. The molecule has 0 unspecified atom stereocenters. The zero-order valence-electron chi connectivity index (χ0n) is 15.0. The molecule has 0 aliphatic rings. The van der Waals surface area contributed by atoms with Crippen molar-refractivity contribution in [3.8, 4) is 0 Å². The second kappa shape index (κ2) is 9.20. The van der Waals surface area contributed by atoms with Gasteiger partial charge in [0.1, 0.15) is 0 Å². The van der Waals surface area contributed by atoms with Gasteiger partial charge in [-0.1, -0.05) is 32.4 Å². The summed E-state index contributed by atoms with van der Waals surface area (Å²) in [5, 5.41) is 3.43. The van der Waals surface area contributed by atoms with E-state index >= 15 is 0 Å². The number of nitrogens with one attached hydrogen (secondary N) is 2. The smallest absolute Gasteiger partial charge is 0.328 e. The topological polar surface area (TPSA) is 84.0 Å². The fraction of sp³-hybridized carbons (Fsp3) is 0.526. The van der Waals surface area contributed by atoms with Crippen LogP contribution in [0.3, 0.4) is 0 Å². The monoisotopic (exact) mass is 345 g/mol. The summed E-state index contributed by atoms with van der Waals surface area (Å²) in [6.45, 7) is 5.34. The van der Waals surface area contributed by atoms with E-state index in [2.05, 4.69) is 24.1 Å². The first-order valence-corrected chi connectivity index (χ1v) is 8.97. The summed E-state index contributed by atoms with van der Waals surface area (Å²) in [5.41, 5.74) is -0.0762. The average molecular weight is 345 g/mol. The highest BCUT2D eigenvalue weighted by Gasteiger charge is 2.07. The van der Waals surface area contributed by atoms with Crippen LogP contribution in [0.2, 0.25) is 0 Å². The highest BCUT2D eigenvalue weighted by atomic mass is 16.2. The Hall–Kier alpha value is -2.37. The van der Waals surface area contributed by atoms with E-state index in [1.165, 1.54) is 4.57 Å². The summed E-state index contributed by atoms with van der Waals surface area (Å²) >= 11 is 0. The van der Waals surface area contributed by atoms with E-state index in [9.17, 15) is 14.4 Å². The van der Waals surface area contributed by atoms with Crippen LogP contribution in [-0.2, 0) is 11.3 Å². The quantitative estimate of drug-likeness (QED) is 0.685. The van der Waals surface area contributed by atoms with Gasteiger partial charge in [0.15, 0.2) is 0 Å². The molecule has 0 aliphatic carbocycles. The Bertz CT molecular complexity index is 821. The van der Waals surface area contributed by atoms with Crippen molar-refractivity contribution >= 4 is 16.8 Å². The number of hydrogen-bond donors (Lipinski definition) is 2. The number of carbonyl (C=O) groups excluding carboxylic acids is 1. The number of rotatable bonds is 9. The lowest BCUT2D eigenvalue weighted by atomic mass is 10.1. The van der Waals surface area contributed by atoms with Gasteiger partial charge in [-0.15, -0.1) is 0 Å². The summed E-state index contributed by atoms with van der Waals surface area (Å²) in [6, 6.07) is 7.00. The molecule has 1 aromatic carbocycles. The van der Waals surface area contributed by atoms with Crippen molar-refractivity contribution in [2.75, 3.05) is 6.54 Å². The van der Waals surface area contributed by atoms with Crippen LogP contribution in [0.1, 0.15) is 46.0 Å². The molecule has 6 heteroatoms. The van der Waals surface area contributed by atoms with Crippen LogP contribution < -0.4 is 16.6 Å². The number of aromatic amines is 1. The Kier molecular flexibility index (Phi) is 6.98. The number of amides is 1. The van der Waals surface area contributed by atoms with Crippen LogP contribution in [0.5, 0.6) is 0 Å². The molecule has 0 saturated heterocycles. The van der Waals surface area contributed by atoms with Crippen LogP contribution in [0.25, 0.3) is 10.9 Å². The molecule has 1 heterocycles. The molecule has 0 atom stereocenters. The molecule has 2 rings (SSSR count). The largest absolute Gasteiger partial charge is 0.356 e. The van der Waals surface area contributed by atoms with E-state index in [-0.39, 0.29) is 17.2 Å². The number of fused-ring (bicyclic) bond motifs is 1. The normalized spacial score (nSPS) is 11.2. The van der Waals surface area contributed by atoms with Gasteiger partial charge >= 0.3 is 5.69 Å². The lowest BCUT2D eigenvalue weighted by Gasteiger charge is -2.08. The third-order valence-corrected chi connectivity index (χ3v) is 4.22. The first kappa shape index (κ1) is 19.0. The molecule has 1 aromatic heterocycles. The van der Waals surface area contributed by atoms with Crippen LogP contribution in [0.15, 0.2) is 33.9 Å². The fourth-order valence-corrected chi connectivity index (χ4v) is 2.72. The van der Waals surface area contributed by atoms with Crippen molar-refractivity contribution in [1.82, 2.24) is 14.9 Å². The SMILES string of the molecule is CC(C)CCNC(=O)CCCCCn1c(=O)[nH]c2ccccc2c1=O. The molecule has 6 nitrogen and oxygen atoms in total. The van der Waals surface area contributed by atoms with Crippen molar-refractivity contribution in [1.29, 1.82) is 0 Å². The lowest BCUT2D eigenvalue weighted by Crippen LogP contribution is -2.35. The molecule has 2 N–H and O–H groups in total. The van der Waals surface area contributed by atoms with Gasteiger partial charge < -0.3 is 10.3 Å². The maximum absolute atomic E-state index is 12.4. The third-order valence-electron chi connectivity index (χ3n) is 4.22. The number of aromatic nitrogens is 2. The summed E-state index contributed by atoms with van der Waals surface area (Å²) < 4.78 is 1.24. The third kappa shape index (κ3) is 5.59. The predicted molar refractivity (Wildman–Crippen MR) is 99.8 cm³/mol. The molecule has 136 valence electrons. The summed E-state index contributed by atoms with van der Waals surface area (Å²) in [6.07, 6.45) is 3.73. The minimum atomic E-state index is -0.380. The van der Waals surface area contributed by atoms with E-state index in [0.717, 1.165) is 25.8 Å². The maximum atomic E-state index is 12.4. The Morgan fingerprint density at radius 1 is 1.16 bits per heavy atom. The molecule has 0 radical (unpaired) electrons. The molecule has 25 heavy (non-hydrogen) atoms. The number of carbonyl (C=O) groups is 1. The molecule has 0 aliphatic heterocycles. The van der Waals surface area contributed by atoms with Gasteiger partial charge in [0, 0.05) is 19.5 Å². The standard InChI is InChI=1S/C19H27N3O3/c1-14(2)11-12-20-17(23)10-4-3-7-13-22-18(24)15-8-5-6-9-16(15)21-19(22)25/h5-6,8-9,14H,3-4,7,10-13H2,1-2H3,(H,20,23)(H,21,25). The van der Waals surface area contributed by atoms with Gasteiger partial charge in [0.2, 0.25) is 5.91 Å². The van der Waals surface area contributed by atoms with Gasteiger partial charge in [0.25, 0.3) is 5.56 Å². The lowest BCUT2D eigenvalue weighted by molar-refractivity contribution is -0.121. The number of H-pyrrole nitrogens is 1. The molecule has 0 spiro atoms. The molecule has 0 saturated carbocycles. The van der Waals surface area contributed by atoms with Crippen LogP contribution in [0, 0.1) is 5.92 Å². The van der Waals surface area contributed by atoms with Gasteiger partial charge in [-0.25, -0.2) is 4.79 Å².